The molecule has 1 heterocycles. The second kappa shape index (κ2) is 4.92. The van der Waals surface area contributed by atoms with Crippen LogP contribution in [0.25, 0.3) is 11.5 Å². The lowest BCUT2D eigenvalue weighted by atomic mass is 10.2. The van der Waals surface area contributed by atoms with Gasteiger partial charge in [-0.25, -0.2) is 0 Å². The summed E-state index contributed by atoms with van der Waals surface area (Å²) < 4.78 is 5.08. The van der Waals surface area contributed by atoms with Crippen LogP contribution >= 0.6 is 0 Å². The average Bonchev–Trinajstić information content (AvgIpc) is 2.87. The van der Waals surface area contributed by atoms with Crippen LogP contribution in [0.4, 0.5) is 17.3 Å². The minimum Gasteiger partial charge on any atom is -0.393 e. The van der Waals surface area contributed by atoms with Gasteiger partial charge in [0.25, 0.3) is 17.5 Å². The van der Waals surface area contributed by atoms with E-state index in [4.69, 9.17) is 10.3 Å². The number of nitrogens with two attached hydrogens (primary N) is 1. The first-order chi connectivity index (χ1) is 9.02. The van der Waals surface area contributed by atoms with Crippen molar-refractivity contribution in [2.45, 2.75) is 6.92 Å². The summed E-state index contributed by atoms with van der Waals surface area (Å²) in [5.74, 6) is 0.648. The molecule has 19 heavy (non-hydrogen) atoms. The van der Waals surface area contributed by atoms with E-state index in [1.165, 1.54) is 12.1 Å². The number of hydrogen-bond donors (Lipinski definition) is 1. The number of anilines is 2. The first-order valence-electron chi connectivity index (χ1n) is 5.62. The molecule has 1 aromatic carbocycles. The van der Waals surface area contributed by atoms with Crippen molar-refractivity contribution in [3.63, 3.8) is 0 Å². The molecule has 0 bridgehead atoms. The summed E-state index contributed by atoms with van der Waals surface area (Å²) in [6.07, 6.45) is 0. The molecule has 0 unspecified atom stereocenters. The van der Waals surface area contributed by atoms with Gasteiger partial charge in [-0.2, -0.15) is 4.98 Å². The normalized spacial score (nSPS) is 10.4. The summed E-state index contributed by atoms with van der Waals surface area (Å²) in [7, 11) is 1.82. The van der Waals surface area contributed by atoms with E-state index in [-0.39, 0.29) is 17.3 Å². The predicted octanol–water partition coefficient (Wildman–Crippen LogP) is 1.68. The van der Waals surface area contributed by atoms with E-state index in [0.717, 1.165) is 6.54 Å². The van der Waals surface area contributed by atoms with Crippen molar-refractivity contribution in [3.8, 4) is 11.5 Å². The summed E-state index contributed by atoms with van der Waals surface area (Å²) in [4.78, 5) is 16.2. The molecule has 0 atom stereocenters. The van der Waals surface area contributed by atoms with Crippen molar-refractivity contribution in [2.24, 2.45) is 0 Å². The Morgan fingerprint density at radius 1 is 1.53 bits per heavy atom. The van der Waals surface area contributed by atoms with Gasteiger partial charge in [0.2, 0.25) is 0 Å². The van der Waals surface area contributed by atoms with Gasteiger partial charge in [-0.15, -0.1) is 0 Å². The van der Waals surface area contributed by atoms with Crippen LogP contribution in [0, 0.1) is 10.1 Å². The van der Waals surface area contributed by atoms with Crippen LogP contribution < -0.4 is 10.6 Å². The van der Waals surface area contributed by atoms with Crippen molar-refractivity contribution < 1.29 is 9.45 Å². The summed E-state index contributed by atoms with van der Waals surface area (Å²) in [5.41, 5.74) is 5.91. The number of benzene rings is 1. The van der Waals surface area contributed by atoms with Crippen LogP contribution in [0.3, 0.4) is 0 Å². The number of nitrogens with zero attached hydrogens (tertiary/aromatic N) is 4. The van der Waals surface area contributed by atoms with Crippen molar-refractivity contribution in [1.82, 2.24) is 10.1 Å². The van der Waals surface area contributed by atoms with Gasteiger partial charge in [0, 0.05) is 25.2 Å². The Morgan fingerprint density at radius 3 is 2.89 bits per heavy atom. The van der Waals surface area contributed by atoms with E-state index >= 15 is 0 Å². The van der Waals surface area contributed by atoms with Crippen LogP contribution in [0.1, 0.15) is 6.92 Å². The second-order valence-electron chi connectivity index (χ2n) is 3.94. The zero-order valence-electron chi connectivity index (χ0n) is 10.5. The third kappa shape index (κ3) is 2.46. The van der Waals surface area contributed by atoms with Gasteiger partial charge in [-0.3, -0.25) is 10.1 Å². The van der Waals surface area contributed by atoms with Gasteiger partial charge in [-0.05, 0) is 24.2 Å². The minimum atomic E-state index is -0.547. The molecule has 2 rings (SSSR count). The number of nitrogen functional groups attached to an aromatic ring is 1. The lowest BCUT2D eigenvalue weighted by Gasteiger charge is -2.08. The van der Waals surface area contributed by atoms with E-state index in [0.29, 0.717) is 11.5 Å². The third-order valence-electron chi connectivity index (χ3n) is 2.71. The van der Waals surface area contributed by atoms with Gasteiger partial charge in [-0.1, -0.05) is 0 Å². The Hall–Kier alpha value is -2.64. The monoisotopic (exact) mass is 263 g/mol. The maximum atomic E-state index is 10.8. The van der Waals surface area contributed by atoms with Gasteiger partial charge < -0.3 is 15.2 Å². The molecular weight excluding hydrogens is 250 g/mol. The highest BCUT2D eigenvalue weighted by atomic mass is 16.6. The number of aromatic nitrogens is 2. The van der Waals surface area contributed by atoms with Crippen LogP contribution in [0.2, 0.25) is 0 Å². The van der Waals surface area contributed by atoms with Gasteiger partial charge in [0.15, 0.2) is 0 Å². The van der Waals surface area contributed by atoms with E-state index < -0.39 is 4.92 Å². The number of hydrogen-bond acceptors (Lipinski definition) is 7. The molecular formula is C11H13N5O3. The van der Waals surface area contributed by atoms with Crippen molar-refractivity contribution in [3.05, 3.63) is 28.3 Å². The number of rotatable bonds is 4. The van der Waals surface area contributed by atoms with Crippen LogP contribution in [-0.4, -0.2) is 28.7 Å². The summed E-state index contributed by atoms with van der Waals surface area (Å²) in [6, 6.07) is 4.37. The maximum Gasteiger partial charge on any atom is 0.292 e. The van der Waals surface area contributed by atoms with E-state index in [1.54, 1.807) is 11.0 Å². The first-order valence-corrected chi connectivity index (χ1v) is 5.62. The number of nitro groups is 1. The zero-order valence-corrected chi connectivity index (χ0v) is 10.5. The topological polar surface area (TPSA) is 111 Å². The smallest absolute Gasteiger partial charge is 0.292 e. The largest absolute Gasteiger partial charge is 0.393 e. The van der Waals surface area contributed by atoms with Gasteiger partial charge in [0.05, 0.1) is 4.92 Å². The molecule has 0 aliphatic rings. The standard InChI is InChI=1S/C11H13N5O3/c1-3-15(2)11-13-10(19-14-11)7-4-5-8(12)9(6-7)16(17)18/h4-6H,3,12H2,1-2H3. The van der Waals surface area contributed by atoms with Crippen LogP contribution in [0.5, 0.6) is 0 Å². The molecule has 0 saturated heterocycles. The molecule has 0 spiro atoms. The van der Waals surface area contributed by atoms with Crippen molar-refractivity contribution in [1.29, 1.82) is 0 Å². The Morgan fingerprint density at radius 2 is 2.26 bits per heavy atom. The molecule has 2 N–H and O–H groups in total. The molecule has 0 amide bonds. The fraction of sp³-hybridized carbons (Fsp3) is 0.273. The fourth-order valence-corrected chi connectivity index (χ4v) is 1.46. The molecule has 100 valence electrons. The highest BCUT2D eigenvalue weighted by molar-refractivity contribution is 5.68. The van der Waals surface area contributed by atoms with Gasteiger partial charge >= 0.3 is 0 Å². The van der Waals surface area contributed by atoms with Crippen LogP contribution in [0.15, 0.2) is 22.7 Å². The van der Waals surface area contributed by atoms with E-state index in [2.05, 4.69) is 10.1 Å². The fourth-order valence-electron chi connectivity index (χ4n) is 1.46. The minimum absolute atomic E-state index is 0.0964. The van der Waals surface area contributed by atoms with Gasteiger partial charge in [0.1, 0.15) is 5.69 Å². The SMILES string of the molecule is CCN(C)c1noc(-c2ccc(N)c([N+](=O)[O-])c2)n1. The molecule has 0 saturated carbocycles. The predicted molar refractivity (Wildman–Crippen MR) is 69.7 cm³/mol. The highest BCUT2D eigenvalue weighted by Crippen LogP contribution is 2.28. The molecule has 0 fully saturated rings. The lowest BCUT2D eigenvalue weighted by molar-refractivity contribution is -0.383. The summed E-state index contributed by atoms with van der Waals surface area (Å²) >= 11 is 0. The third-order valence-corrected chi connectivity index (χ3v) is 2.71. The summed E-state index contributed by atoms with van der Waals surface area (Å²) in [6.45, 7) is 2.67. The molecule has 8 heteroatoms. The quantitative estimate of drug-likeness (QED) is 0.507. The zero-order chi connectivity index (χ0) is 14.0. The lowest BCUT2D eigenvalue weighted by Crippen LogP contribution is -2.16. The Kier molecular flexibility index (Phi) is 3.32. The van der Waals surface area contributed by atoms with Crippen LogP contribution in [-0.2, 0) is 0 Å². The van der Waals surface area contributed by atoms with Crippen molar-refractivity contribution >= 4 is 17.3 Å². The first kappa shape index (κ1) is 12.8. The van der Waals surface area contributed by atoms with E-state index in [1.807, 2.05) is 14.0 Å². The summed E-state index contributed by atoms with van der Waals surface area (Å²) in [5, 5.41) is 14.6. The Labute approximate surface area is 109 Å². The molecule has 0 aliphatic carbocycles. The molecule has 1 aromatic heterocycles. The highest BCUT2D eigenvalue weighted by Gasteiger charge is 2.17. The average molecular weight is 263 g/mol. The van der Waals surface area contributed by atoms with Crippen molar-refractivity contribution in [2.75, 3.05) is 24.2 Å². The molecule has 2 aromatic rings. The Balaban J connectivity index is 2.39. The second-order valence-corrected chi connectivity index (χ2v) is 3.94. The van der Waals surface area contributed by atoms with E-state index in [9.17, 15) is 10.1 Å². The molecule has 0 radical (unpaired) electrons. The molecule has 8 nitrogen and oxygen atoms in total. The number of nitro benzene ring substituents is 1. The Bertz CT molecular complexity index is 610. The molecule has 0 aliphatic heterocycles. The maximum absolute atomic E-state index is 10.8.